The minimum atomic E-state index is -0.115. The number of anilines is 1. The fourth-order valence-electron chi connectivity index (χ4n) is 2.03. The molecule has 0 radical (unpaired) electrons. The van der Waals surface area contributed by atoms with Gasteiger partial charge >= 0.3 is 0 Å². The van der Waals surface area contributed by atoms with E-state index >= 15 is 0 Å². The Kier molecular flexibility index (Phi) is 5.31. The van der Waals surface area contributed by atoms with Crippen LogP contribution in [0.5, 0.6) is 0 Å². The Bertz CT molecular complexity index is 646. The molecule has 2 aromatic rings. The lowest BCUT2D eigenvalue weighted by molar-refractivity contribution is -0.120. The minimum Gasteiger partial charge on any atom is -0.378 e. The molecule has 22 heavy (non-hydrogen) atoms. The summed E-state index contributed by atoms with van der Waals surface area (Å²) in [6.07, 6.45) is 0.331. The van der Waals surface area contributed by atoms with E-state index in [0.29, 0.717) is 6.42 Å². The van der Waals surface area contributed by atoms with E-state index in [2.05, 4.69) is 10.5 Å². The predicted molar refractivity (Wildman–Crippen MR) is 91.3 cm³/mol. The number of hydrazone groups is 1. The summed E-state index contributed by atoms with van der Waals surface area (Å²) in [6.45, 7) is 1.88. The van der Waals surface area contributed by atoms with Crippen LogP contribution in [0.2, 0.25) is 0 Å². The summed E-state index contributed by atoms with van der Waals surface area (Å²) in [4.78, 5) is 13.9. The second-order valence-electron chi connectivity index (χ2n) is 5.34. The third kappa shape index (κ3) is 4.45. The highest BCUT2D eigenvalue weighted by Gasteiger charge is 2.03. The second-order valence-corrected chi connectivity index (χ2v) is 5.34. The van der Waals surface area contributed by atoms with E-state index < -0.39 is 0 Å². The van der Waals surface area contributed by atoms with Gasteiger partial charge in [0.05, 0.1) is 12.1 Å². The molecule has 0 bridgehead atoms. The Morgan fingerprint density at radius 2 is 1.68 bits per heavy atom. The quantitative estimate of drug-likeness (QED) is 0.681. The average Bonchev–Trinajstić information content (AvgIpc) is 2.53. The molecule has 2 aromatic carbocycles. The molecule has 4 nitrogen and oxygen atoms in total. The van der Waals surface area contributed by atoms with Gasteiger partial charge in [0.2, 0.25) is 5.91 Å². The van der Waals surface area contributed by atoms with E-state index in [-0.39, 0.29) is 5.91 Å². The van der Waals surface area contributed by atoms with Gasteiger partial charge in [-0.25, -0.2) is 5.43 Å². The maximum atomic E-state index is 11.9. The molecular formula is C18H21N3O. The van der Waals surface area contributed by atoms with Crippen molar-refractivity contribution in [2.24, 2.45) is 5.10 Å². The van der Waals surface area contributed by atoms with E-state index in [1.165, 1.54) is 0 Å². The normalized spacial score (nSPS) is 11.1. The molecule has 0 aliphatic heterocycles. The van der Waals surface area contributed by atoms with Gasteiger partial charge in [-0.1, -0.05) is 42.5 Å². The molecule has 0 aliphatic carbocycles. The molecule has 2 rings (SSSR count). The maximum absolute atomic E-state index is 11.9. The summed E-state index contributed by atoms with van der Waals surface area (Å²) in [5, 5.41) is 4.17. The van der Waals surface area contributed by atoms with Crippen molar-refractivity contribution in [1.82, 2.24) is 5.43 Å². The summed E-state index contributed by atoms with van der Waals surface area (Å²) in [5.74, 6) is -0.115. The Labute approximate surface area is 131 Å². The Balaban J connectivity index is 1.95. The average molecular weight is 295 g/mol. The van der Waals surface area contributed by atoms with E-state index in [9.17, 15) is 4.79 Å². The maximum Gasteiger partial charge on any atom is 0.244 e. The van der Waals surface area contributed by atoms with Crippen LogP contribution in [0.4, 0.5) is 5.69 Å². The third-order valence-electron chi connectivity index (χ3n) is 3.36. The number of rotatable bonds is 5. The zero-order valence-corrected chi connectivity index (χ0v) is 13.2. The molecule has 4 heteroatoms. The summed E-state index contributed by atoms with van der Waals surface area (Å²) < 4.78 is 0. The Hall–Kier alpha value is -2.62. The van der Waals surface area contributed by atoms with Crippen molar-refractivity contribution in [2.75, 3.05) is 19.0 Å². The largest absolute Gasteiger partial charge is 0.378 e. The molecule has 0 aliphatic rings. The van der Waals surface area contributed by atoms with Crippen molar-refractivity contribution < 1.29 is 4.79 Å². The lowest BCUT2D eigenvalue weighted by atomic mass is 10.1. The lowest BCUT2D eigenvalue weighted by Gasteiger charge is -2.12. The smallest absolute Gasteiger partial charge is 0.244 e. The van der Waals surface area contributed by atoms with Crippen molar-refractivity contribution >= 4 is 17.3 Å². The van der Waals surface area contributed by atoms with Crippen LogP contribution in [0.15, 0.2) is 59.7 Å². The number of nitrogens with one attached hydrogen (secondary N) is 1. The number of hydrogen-bond donors (Lipinski definition) is 1. The van der Waals surface area contributed by atoms with Crippen LogP contribution in [0.25, 0.3) is 0 Å². The predicted octanol–water partition coefficient (Wildman–Crippen LogP) is 2.84. The van der Waals surface area contributed by atoms with E-state index in [1.807, 2.05) is 80.5 Å². The molecule has 0 heterocycles. The third-order valence-corrected chi connectivity index (χ3v) is 3.36. The number of carbonyl (C=O) groups excluding carboxylic acids is 1. The number of hydrogen-bond acceptors (Lipinski definition) is 3. The number of carbonyl (C=O) groups is 1. The molecule has 0 atom stereocenters. The Morgan fingerprint density at radius 3 is 2.27 bits per heavy atom. The van der Waals surface area contributed by atoms with Crippen molar-refractivity contribution in [3.8, 4) is 0 Å². The molecule has 0 aromatic heterocycles. The molecule has 114 valence electrons. The molecule has 0 saturated heterocycles. The van der Waals surface area contributed by atoms with Gasteiger partial charge in [0, 0.05) is 19.8 Å². The SMILES string of the molecule is C/C(=N\NC(=O)Cc1ccccc1)c1ccc(N(C)C)cc1. The van der Waals surface area contributed by atoms with Crippen LogP contribution in [0.3, 0.4) is 0 Å². The first-order chi connectivity index (χ1) is 10.6. The summed E-state index contributed by atoms with van der Waals surface area (Å²) in [6, 6.07) is 17.7. The van der Waals surface area contributed by atoms with Crippen LogP contribution in [0, 0.1) is 0 Å². The van der Waals surface area contributed by atoms with E-state index in [1.54, 1.807) is 0 Å². The Morgan fingerprint density at radius 1 is 1.05 bits per heavy atom. The van der Waals surface area contributed by atoms with Gasteiger partial charge in [-0.15, -0.1) is 0 Å². The first-order valence-electron chi connectivity index (χ1n) is 7.21. The molecule has 0 unspecified atom stereocenters. The minimum absolute atomic E-state index is 0.115. The van der Waals surface area contributed by atoms with Crippen LogP contribution >= 0.6 is 0 Å². The highest BCUT2D eigenvalue weighted by molar-refractivity contribution is 5.99. The first-order valence-corrected chi connectivity index (χ1v) is 7.21. The monoisotopic (exact) mass is 295 g/mol. The molecular weight excluding hydrogens is 274 g/mol. The molecule has 0 spiro atoms. The molecule has 1 amide bonds. The van der Waals surface area contributed by atoms with Gasteiger partial charge in [-0.2, -0.15) is 5.10 Å². The highest BCUT2D eigenvalue weighted by Crippen LogP contribution is 2.12. The highest BCUT2D eigenvalue weighted by atomic mass is 16.2. The number of benzene rings is 2. The van der Waals surface area contributed by atoms with Crippen molar-refractivity contribution in [2.45, 2.75) is 13.3 Å². The fraction of sp³-hybridized carbons (Fsp3) is 0.222. The molecule has 0 saturated carbocycles. The first kappa shape index (κ1) is 15.8. The van der Waals surface area contributed by atoms with Crippen molar-refractivity contribution in [3.05, 3.63) is 65.7 Å². The standard InChI is InChI=1S/C18H21N3O/c1-14(16-9-11-17(12-10-16)21(2)3)19-20-18(22)13-15-7-5-4-6-8-15/h4-12H,13H2,1-3H3,(H,20,22)/b19-14+. The molecule has 0 fully saturated rings. The lowest BCUT2D eigenvalue weighted by Crippen LogP contribution is -2.21. The number of nitrogens with zero attached hydrogens (tertiary/aromatic N) is 2. The summed E-state index contributed by atoms with van der Waals surface area (Å²) >= 11 is 0. The summed E-state index contributed by atoms with van der Waals surface area (Å²) in [5.41, 5.74) is 6.49. The van der Waals surface area contributed by atoms with Gasteiger partial charge in [-0.05, 0) is 30.2 Å². The van der Waals surface area contributed by atoms with Gasteiger partial charge in [-0.3, -0.25) is 4.79 Å². The number of amides is 1. The molecule has 1 N–H and O–H groups in total. The van der Waals surface area contributed by atoms with E-state index in [4.69, 9.17) is 0 Å². The van der Waals surface area contributed by atoms with Gasteiger partial charge in [0.25, 0.3) is 0 Å². The second kappa shape index (κ2) is 7.41. The fourth-order valence-corrected chi connectivity index (χ4v) is 2.03. The van der Waals surface area contributed by atoms with Gasteiger partial charge in [0.15, 0.2) is 0 Å². The summed E-state index contributed by atoms with van der Waals surface area (Å²) in [7, 11) is 4.00. The van der Waals surface area contributed by atoms with E-state index in [0.717, 1.165) is 22.5 Å². The van der Waals surface area contributed by atoms with Gasteiger partial charge < -0.3 is 4.90 Å². The van der Waals surface area contributed by atoms with Crippen LogP contribution in [0.1, 0.15) is 18.1 Å². The van der Waals surface area contributed by atoms with Crippen LogP contribution in [-0.2, 0) is 11.2 Å². The zero-order chi connectivity index (χ0) is 15.9. The van der Waals surface area contributed by atoms with Crippen molar-refractivity contribution in [3.63, 3.8) is 0 Å². The topological polar surface area (TPSA) is 44.7 Å². The van der Waals surface area contributed by atoms with Crippen LogP contribution < -0.4 is 10.3 Å². The van der Waals surface area contributed by atoms with Gasteiger partial charge in [0.1, 0.15) is 0 Å². The van der Waals surface area contributed by atoms with Crippen LogP contribution in [-0.4, -0.2) is 25.7 Å². The zero-order valence-electron chi connectivity index (χ0n) is 13.2. The van der Waals surface area contributed by atoms with Crippen molar-refractivity contribution in [1.29, 1.82) is 0 Å².